The molecule has 3 rings (SSSR count). The molecule has 0 spiro atoms. The predicted octanol–water partition coefficient (Wildman–Crippen LogP) is 3.07. The third kappa shape index (κ3) is 2.28. The van der Waals surface area contributed by atoms with Crippen molar-refractivity contribution in [2.24, 2.45) is 5.92 Å². The van der Waals surface area contributed by atoms with Crippen LogP contribution in [0.3, 0.4) is 0 Å². The lowest BCUT2D eigenvalue weighted by Crippen LogP contribution is -2.63. The standard InChI is InChI=1S/C15H19F3N2/c1-9-7-19-15(2,10-3-4-10)8-20(9)14-12(17)5-11(16)6-13(14)18/h5-6,9-10,19H,3-4,7-8H2,1-2H3. The Morgan fingerprint density at radius 1 is 1.20 bits per heavy atom. The molecular formula is C15H19F3N2. The van der Waals surface area contributed by atoms with Crippen molar-refractivity contribution >= 4 is 5.69 Å². The van der Waals surface area contributed by atoms with E-state index >= 15 is 0 Å². The molecule has 20 heavy (non-hydrogen) atoms. The Kier molecular flexibility index (Phi) is 3.20. The summed E-state index contributed by atoms with van der Waals surface area (Å²) in [5, 5.41) is 3.50. The van der Waals surface area contributed by atoms with Gasteiger partial charge in [0.15, 0.2) is 11.6 Å². The van der Waals surface area contributed by atoms with Crippen LogP contribution in [-0.4, -0.2) is 24.7 Å². The van der Waals surface area contributed by atoms with Gasteiger partial charge in [-0.1, -0.05) is 0 Å². The van der Waals surface area contributed by atoms with Crippen LogP contribution >= 0.6 is 0 Å². The van der Waals surface area contributed by atoms with Gasteiger partial charge in [-0.2, -0.15) is 0 Å². The Labute approximate surface area is 117 Å². The molecule has 1 N–H and O–H groups in total. The zero-order valence-corrected chi connectivity index (χ0v) is 11.7. The summed E-state index contributed by atoms with van der Waals surface area (Å²) in [6.45, 7) is 5.23. The number of nitrogens with one attached hydrogen (secondary N) is 1. The number of anilines is 1. The third-order valence-electron chi connectivity index (χ3n) is 4.58. The van der Waals surface area contributed by atoms with Crippen LogP contribution in [0.5, 0.6) is 0 Å². The monoisotopic (exact) mass is 284 g/mol. The highest BCUT2D eigenvalue weighted by atomic mass is 19.1. The van der Waals surface area contributed by atoms with Crippen LogP contribution in [0.2, 0.25) is 0 Å². The van der Waals surface area contributed by atoms with E-state index in [-0.39, 0.29) is 17.3 Å². The average molecular weight is 284 g/mol. The topological polar surface area (TPSA) is 15.3 Å². The maximum absolute atomic E-state index is 14.0. The maximum atomic E-state index is 14.0. The average Bonchev–Trinajstić information content (AvgIpc) is 3.17. The van der Waals surface area contributed by atoms with Crippen LogP contribution in [0.4, 0.5) is 18.9 Å². The van der Waals surface area contributed by atoms with Gasteiger partial charge in [-0.3, -0.25) is 0 Å². The molecule has 1 saturated heterocycles. The smallest absolute Gasteiger partial charge is 0.152 e. The van der Waals surface area contributed by atoms with E-state index in [1.165, 1.54) is 0 Å². The highest BCUT2D eigenvalue weighted by molar-refractivity contribution is 5.51. The number of halogens is 3. The van der Waals surface area contributed by atoms with E-state index in [0.717, 1.165) is 25.0 Å². The van der Waals surface area contributed by atoms with Crippen molar-refractivity contribution in [3.63, 3.8) is 0 Å². The van der Waals surface area contributed by atoms with Crippen molar-refractivity contribution in [2.45, 2.75) is 38.3 Å². The maximum Gasteiger partial charge on any atom is 0.152 e. The van der Waals surface area contributed by atoms with Gasteiger partial charge in [-0.15, -0.1) is 0 Å². The SMILES string of the molecule is CC1CNC(C)(C2CC2)CN1c1c(F)cc(F)cc1F. The van der Waals surface area contributed by atoms with Crippen LogP contribution in [0, 0.1) is 23.4 Å². The first-order valence-electron chi connectivity index (χ1n) is 7.07. The minimum Gasteiger partial charge on any atom is -0.361 e. The first-order valence-corrected chi connectivity index (χ1v) is 7.07. The summed E-state index contributed by atoms with van der Waals surface area (Å²) in [5.74, 6) is -1.97. The summed E-state index contributed by atoms with van der Waals surface area (Å²) in [6.07, 6.45) is 2.31. The minimum atomic E-state index is -0.878. The van der Waals surface area contributed by atoms with E-state index in [9.17, 15) is 13.2 Å². The molecule has 0 aromatic heterocycles. The summed E-state index contributed by atoms with van der Waals surface area (Å²) in [4.78, 5) is 1.74. The van der Waals surface area contributed by atoms with E-state index in [4.69, 9.17) is 0 Å². The molecule has 2 fully saturated rings. The fourth-order valence-electron chi connectivity index (χ4n) is 3.16. The molecular weight excluding hydrogens is 265 g/mol. The summed E-state index contributed by atoms with van der Waals surface area (Å²) in [7, 11) is 0. The Morgan fingerprint density at radius 2 is 1.80 bits per heavy atom. The van der Waals surface area contributed by atoms with E-state index in [0.29, 0.717) is 19.0 Å². The zero-order valence-electron chi connectivity index (χ0n) is 11.7. The second kappa shape index (κ2) is 4.65. The second-order valence-corrected chi connectivity index (χ2v) is 6.27. The number of nitrogens with zero attached hydrogens (tertiary/aromatic N) is 1. The molecule has 0 radical (unpaired) electrons. The zero-order chi connectivity index (χ0) is 14.5. The quantitative estimate of drug-likeness (QED) is 0.898. The number of hydrogen-bond donors (Lipinski definition) is 1. The first kappa shape index (κ1) is 13.7. The summed E-state index contributed by atoms with van der Waals surface area (Å²) in [5.41, 5.74) is -0.230. The van der Waals surface area contributed by atoms with Crippen molar-refractivity contribution in [1.82, 2.24) is 5.32 Å². The first-order chi connectivity index (χ1) is 9.40. The molecule has 1 aromatic rings. The van der Waals surface area contributed by atoms with Gasteiger partial charge in [0.05, 0.1) is 0 Å². The largest absolute Gasteiger partial charge is 0.361 e. The van der Waals surface area contributed by atoms with Crippen LogP contribution in [0.15, 0.2) is 12.1 Å². The van der Waals surface area contributed by atoms with Crippen LogP contribution in [0.25, 0.3) is 0 Å². The Bertz CT molecular complexity index is 507. The highest BCUT2D eigenvalue weighted by Crippen LogP contribution is 2.42. The van der Waals surface area contributed by atoms with Gasteiger partial charge in [0.2, 0.25) is 0 Å². The van der Waals surface area contributed by atoms with Gasteiger partial charge in [0.1, 0.15) is 11.5 Å². The number of benzene rings is 1. The molecule has 0 amide bonds. The van der Waals surface area contributed by atoms with E-state index in [1.54, 1.807) is 4.90 Å². The molecule has 1 aliphatic heterocycles. The second-order valence-electron chi connectivity index (χ2n) is 6.27. The lowest BCUT2D eigenvalue weighted by atomic mass is 9.90. The minimum absolute atomic E-state index is 0.0312. The van der Waals surface area contributed by atoms with E-state index in [2.05, 4.69) is 12.2 Å². The van der Waals surface area contributed by atoms with Crippen molar-refractivity contribution < 1.29 is 13.2 Å². The molecule has 2 unspecified atom stereocenters. The fourth-order valence-corrected chi connectivity index (χ4v) is 3.16. The third-order valence-corrected chi connectivity index (χ3v) is 4.58. The molecule has 2 aliphatic rings. The molecule has 0 bridgehead atoms. The number of hydrogen-bond acceptors (Lipinski definition) is 2. The van der Waals surface area contributed by atoms with Gasteiger partial charge in [-0.25, -0.2) is 13.2 Å². The molecule has 2 nitrogen and oxygen atoms in total. The normalized spacial score (nSPS) is 30.6. The van der Waals surface area contributed by atoms with E-state index in [1.807, 2.05) is 6.92 Å². The lowest BCUT2D eigenvalue weighted by molar-refractivity contribution is 0.258. The van der Waals surface area contributed by atoms with E-state index < -0.39 is 17.5 Å². The molecule has 1 aromatic carbocycles. The fraction of sp³-hybridized carbons (Fsp3) is 0.600. The predicted molar refractivity (Wildman–Crippen MR) is 72.3 cm³/mol. The van der Waals surface area contributed by atoms with Crippen molar-refractivity contribution in [3.05, 3.63) is 29.6 Å². The van der Waals surface area contributed by atoms with Crippen LogP contribution in [-0.2, 0) is 0 Å². The Hall–Kier alpha value is -1.23. The van der Waals surface area contributed by atoms with Crippen molar-refractivity contribution in [3.8, 4) is 0 Å². The Morgan fingerprint density at radius 3 is 2.35 bits per heavy atom. The molecule has 1 heterocycles. The van der Waals surface area contributed by atoms with Crippen molar-refractivity contribution in [1.29, 1.82) is 0 Å². The van der Waals surface area contributed by atoms with Gasteiger partial charge < -0.3 is 10.2 Å². The van der Waals surface area contributed by atoms with Gasteiger partial charge in [0.25, 0.3) is 0 Å². The molecule has 2 atom stereocenters. The summed E-state index contributed by atoms with van der Waals surface area (Å²) < 4.78 is 41.0. The van der Waals surface area contributed by atoms with Gasteiger partial charge in [-0.05, 0) is 32.6 Å². The molecule has 1 saturated carbocycles. The van der Waals surface area contributed by atoms with Crippen molar-refractivity contribution in [2.75, 3.05) is 18.0 Å². The summed E-state index contributed by atoms with van der Waals surface area (Å²) in [6, 6.07) is 1.47. The van der Waals surface area contributed by atoms with Crippen LogP contribution < -0.4 is 10.2 Å². The van der Waals surface area contributed by atoms with Gasteiger partial charge >= 0.3 is 0 Å². The van der Waals surface area contributed by atoms with Crippen LogP contribution in [0.1, 0.15) is 26.7 Å². The lowest BCUT2D eigenvalue weighted by Gasteiger charge is -2.46. The molecule has 5 heteroatoms. The number of rotatable bonds is 2. The van der Waals surface area contributed by atoms with Gasteiger partial charge in [0, 0.05) is 36.8 Å². The number of piperazine rings is 1. The summed E-state index contributed by atoms with van der Waals surface area (Å²) >= 11 is 0. The molecule has 110 valence electrons. The highest BCUT2D eigenvalue weighted by Gasteiger charge is 2.46. The Balaban J connectivity index is 1.95. The molecule has 1 aliphatic carbocycles.